The van der Waals surface area contributed by atoms with Gasteiger partial charge in [0.05, 0.1) is 27.7 Å². The van der Waals surface area contributed by atoms with Gasteiger partial charge in [0.2, 0.25) is 0 Å². The average molecular weight is 793 g/mol. The molecule has 0 bridgehead atoms. The van der Waals surface area contributed by atoms with Crippen molar-refractivity contribution >= 4 is 38.1 Å². The van der Waals surface area contributed by atoms with E-state index in [0.717, 1.165) is 23.1 Å². The van der Waals surface area contributed by atoms with Gasteiger partial charge in [-0.2, -0.15) is 24.2 Å². The summed E-state index contributed by atoms with van der Waals surface area (Å²) in [6.45, 7) is 2.35. The summed E-state index contributed by atoms with van der Waals surface area (Å²) >= 11 is 6.64. The number of carbonyl (C=O) groups excluding carboxylic acids is 1. The number of ketones is 1. The lowest BCUT2D eigenvalue weighted by Crippen LogP contribution is -2.24. The molecular formula is C39H33ClF4N6O4S. The highest BCUT2D eigenvalue weighted by atomic mass is 35.5. The summed E-state index contributed by atoms with van der Waals surface area (Å²) in [6.07, 6.45) is 0.772. The Morgan fingerprint density at radius 1 is 1.13 bits per heavy atom. The zero-order valence-electron chi connectivity index (χ0n) is 30.0. The number of sulfone groups is 1. The number of rotatable bonds is 10. The minimum absolute atomic E-state index is 0.148. The Bertz CT molecular complexity index is 2630. The molecule has 55 heavy (non-hydrogen) atoms. The first-order chi connectivity index (χ1) is 25.7. The van der Waals surface area contributed by atoms with Gasteiger partial charge in [0.25, 0.3) is 5.92 Å². The van der Waals surface area contributed by atoms with Crippen LogP contribution in [0.2, 0.25) is 5.02 Å². The predicted molar refractivity (Wildman–Crippen MR) is 195 cm³/mol. The number of hydrogen-bond acceptors (Lipinski definition) is 8. The van der Waals surface area contributed by atoms with Gasteiger partial charge >= 0.3 is 0 Å². The summed E-state index contributed by atoms with van der Waals surface area (Å²) in [5, 5.41) is 29.2. The molecular weight excluding hydrogens is 760 g/mol. The van der Waals surface area contributed by atoms with Crippen LogP contribution in [0.15, 0.2) is 42.5 Å². The van der Waals surface area contributed by atoms with Gasteiger partial charge in [-0.25, -0.2) is 22.2 Å². The van der Waals surface area contributed by atoms with Crippen LogP contribution in [0.3, 0.4) is 0 Å². The van der Waals surface area contributed by atoms with Gasteiger partial charge in [-0.3, -0.25) is 14.2 Å². The predicted octanol–water partition coefficient (Wildman–Crippen LogP) is 6.50. The van der Waals surface area contributed by atoms with Crippen molar-refractivity contribution in [1.29, 1.82) is 5.26 Å². The number of hydrogen-bond donors (Lipinski definition) is 1. The molecule has 0 spiro atoms. The van der Waals surface area contributed by atoms with Crippen LogP contribution < -0.4 is 0 Å². The topological polar surface area (TPSA) is 144 Å². The van der Waals surface area contributed by atoms with E-state index in [2.05, 4.69) is 22.0 Å². The van der Waals surface area contributed by atoms with Crippen LogP contribution in [0, 0.1) is 40.7 Å². The minimum Gasteiger partial charge on any atom is -0.378 e. The molecule has 3 aromatic heterocycles. The summed E-state index contributed by atoms with van der Waals surface area (Å²) < 4.78 is 87.0. The lowest BCUT2D eigenvalue weighted by Gasteiger charge is -2.22. The SMILES string of the molecule is Cn1nc(CS(C)(=O)=O)c2c(Cl)ccc(-c3ccc(C#CC(C)(C)O)nc3[C@@H](CC(=O)Cn3nc(C#N)c4c3C(F)(F)[C@@H]3C[C@H]43)Cc3cc(F)cc(F)c3)c21. The molecule has 2 aliphatic rings. The third-order valence-corrected chi connectivity index (χ3v) is 10.9. The van der Waals surface area contributed by atoms with Crippen molar-refractivity contribution in [3.63, 3.8) is 0 Å². The molecule has 5 aromatic rings. The summed E-state index contributed by atoms with van der Waals surface area (Å²) in [5.41, 5.74) is 0.262. The summed E-state index contributed by atoms with van der Waals surface area (Å²) in [6, 6.07) is 11.3. The third kappa shape index (κ3) is 7.49. The standard InChI is InChI=1S/C39H33ClF4N6O4S/c1-38(2,52)10-9-24-5-6-26(27-7-8-30(40)34-32(19-55(4,53)54)47-49(3)36(27)34)35(46-24)21(11-20-12-22(41)15-23(42)13-20)14-25(51)18-50-37-33(31(17-45)48-50)28-16-29(28)39(37,43)44/h5-8,12-13,15,21,28-29,52H,11,14,16,18-19H2,1-4H3/t21-,28+,29-/m1/s1. The van der Waals surface area contributed by atoms with Crippen molar-refractivity contribution < 1.29 is 35.9 Å². The zero-order valence-corrected chi connectivity index (χ0v) is 31.5. The highest BCUT2D eigenvalue weighted by Gasteiger charge is 2.66. The van der Waals surface area contributed by atoms with Crippen molar-refractivity contribution in [1.82, 2.24) is 24.5 Å². The molecule has 1 N–H and O–H groups in total. The quantitative estimate of drug-likeness (QED) is 0.125. The Hall–Kier alpha value is -5.09. The first-order valence-corrected chi connectivity index (χ1v) is 19.6. The van der Waals surface area contributed by atoms with Crippen molar-refractivity contribution in [3.8, 4) is 29.0 Å². The Kier molecular flexibility index (Phi) is 9.43. The number of aromatic nitrogens is 5. The lowest BCUT2D eigenvalue weighted by atomic mass is 9.86. The normalized spacial score (nSPS) is 17.6. The first-order valence-electron chi connectivity index (χ1n) is 17.2. The van der Waals surface area contributed by atoms with E-state index in [1.54, 1.807) is 31.3 Å². The molecule has 1 fully saturated rings. The molecule has 10 nitrogen and oxygen atoms in total. The second-order valence-electron chi connectivity index (χ2n) is 14.8. The largest absolute Gasteiger partial charge is 0.378 e. The smallest absolute Gasteiger partial charge is 0.293 e. The van der Waals surface area contributed by atoms with Crippen LogP contribution in [0.4, 0.5) is 17.6 Å². The molecule has 0 unspecified atom stereocenters. The number of aliphatic hydroxyl groups is 1. The van der Waals surface area contributed by atoms with Gasteiger partial charge in [-0.1, -0.05) is 23.6 Å². The van der Waals surface area contributed by atoms with E-state index in [1.165, 1.54) is 18.5 Å². The number of carbonyl (C=O) groups is 1. The maximum atomic E-state index is 15.4. The Morgan fingerprint density at radius 2 is 1.82 bits per heavy atom. The number of aryl methyl sites for hydroxylation is 1. The Morgan fingerprint density at radius 3 is 2.47 bits per heavy atom. The average Bonchev–Trinajstić information content (AvgIpc) is 3.62. The monoisotopic (exact) mass is 792 g/mol. The van der Waals surface area contributed by atoms with Crippen molar-refractivity contribution in [2.24, 2.45) is 13.0 Å². The van der Waals surface area contributed by atoms with E-state index >= 15 is 8.78 Å². The fourth-order valence-electron chi connectivity index (χ4n) is 7.58. The molecule has 1 saturated carbocycles. The molecule has 3 atom stereocenters. The first kappa shape index (κ1) is 38.2. The van der Waals surface area contributed by atoms with E-state index in [4.69, 9.17) is 16.6 Å². The Balaban J connectivity index is 1.39. The van der Waals surface area contributed by atoms with Crippen LogP contribution in [0.25, 0.3) is 22.0 Å². The number of benzene rings is 2. The fourth-order valence-corrected chi connectivity index (χ4v) is 8.54. The highest BCUT2D eigenvalue weighted by Crippen LogP contribution is 2.67. The van der Waals surface area contributed by atoms with Crippen LogP contribution in [-0.4, -0.2) is 55.7 Å². The number of nitriles is 1. The van der Waals surface area contributed by atoms with Gasteiger partial charge in [-0.15, -0.1) is 0 Å². The molecule has 2 aromatic carbocycles. The van der Waals surface area contributed by atoms with E-state index in [0.29, 0.717) is 28.1 Å². The van der Waals surface area contributed by atoms with Gasteiger partial charge in [-0.05, 0) is 74.4 Å². The van der Waals surface area contributed by atoms with Crippen molar-refractivity contribution in [3.05, 3.63) is 98.7 Å². The molecule has 3 heterocycles. The number of Topliss-reactive ketones (excluding diaryl/α,β-unsaturated/α-hetero) is 1. The molecule has 2 aliphatic carbocycles. The van der Waals surface area contributed by atoms with E-state index in [9.17, 15) is 32.4 Å². The van der Waals surface area contributed by atoms with E-state index in [-0.39, 0.29) is 58.2 Å². The van der Waals surface area contributed by atoms with Gasteiger partial charge in [0.1, 0.15) is 41.2 Å². The van der Waals surface area contributed by atoms with Gasteiger partial charge in [0.15, 0.2) is 21.3 Å². The highest BCUT2D eigenvalue weighted by molar-refractivity contribution is 7.89. The van der Waals surface area contributed by atoms with Gasteiger partial charge in [0, 0.05) is 59.7 Å². The number of pyridine rings is 1. The second-order valence-corrected chi connectivity index (χ2v) is 17.3. The zero-order chi connectivity index (χ0) is 39.8. The van der Waals surface area contributed by atoms with Crippen LogP contribution in [-0.2, 0) is 46.3 Å². The van der Waals surface area contributed by atoms with E-state index < -0.39 is 74.5 Å². The third-order valence-electron chi connectivity index (χ3n) is 9.75. The molecule has 7 rings (SSSR count). The minimum atomic E-state index is -3.54. The molecule has 0 radical (unpaired) electrons. The molecule has 0 amide bonds. The number of nitrogens with zero attached hydrogens (tertiary/aromatic N) is 6. The Labute approximate surface area is 318 Å². The summed E-state index contributed by atoms with van der Waals surface area (Å²) in [7, 11) is -1.93. The number of fused-ring (bicyclic) bond motifs is 4. The summed E-state index contributed by atoms with van der Waals surface area (Å²) in [4.78, 5) is 18.9. The molecule has 0 saturated heterocycles. The van der Waals surface area contributed by atoms with Crippen molar-refractivity contribution in [2.45, 2.75) is 68.8 Å². The molecule has 16 heteroatoms. The fraction of sp³-hybridized carbons (Fsp3) is 0.359. The molecule has 0 aliphatic heterocycles. The maximum Gasteiger partial charge on any atom is 0.293 e. The summed E-state index contributed by atoms with van der Waals surface area (Å²) in [5.74, 6) is -2.87. The number of alkyl halides is 2. The lowest BCUT2D eigenvalue weighted by molar-refractivity contribution is -0.120. The van der Waals surface area contributed by atoms with Crippen molar-refractivity contribution in [2.75, 3.05) is 6.26 Å². The molecule has 284 valence electrons. The second kappa shape index (κ2) is 13.6. The van der Waals surface area contributed by atoms with Crippen LogP contribution >= 0.6 is 11.6 Å². The maximum absolute atomic E-state index is 15.4. The van der Waals surface area contributed by atoms with Crippen LogP contribution in [0.1, 0.15) is 78.1 Å². The van der Waals surface area contributed by atoms with Crippen LogP contribution in [0.5, 0.6) is 0 Å². The van der Waals surface area contributed by atoms with Gasteiger partial charge < -0.3 is 5.11 Å². The van der Waals surface area contributed by atoms with E-state index in [1.807, 2.05) is 6.07 Å². The number of halogens is 5.